The quantitative estimate of drug-likeness (QED) is 0.692. The summed E-state index contributed by atoms with van der Waals surface area (Å²) in [7, 11) is 1.48. The van der Waals surface area contributed by atoms with Crippen LogP contribution in [0.1, 0.15) is 12.8 Å². The van der Waals surface area contributed by atoms with Crippen LogP contribution in [0.4, 0.5) is 5.95 Å². The molecule has 3 heterocycles. The Bertz CT molecular complexity index is 1090. The molecule has 0 radical (unpaired) electrons. The Labute approximate surface area is 154 Å². The fourth-order valence-electron chi connectivity index (χ4n) is 3.13. The minimum atomic E-state index is -0.597. The molecule has 3 aromatic rings. The summed E-state index contributed by atoms with van der Waals surface area (Å²) in [6, 6.07) is 6.81. The monoisotopic (exact) mass is 369 g/mol. The second-order valence-electron chi connectivity index (χ2n) is 6.21. The summed E-state index contributed by atoms with van der Waals surface area (Å²) in [5.74, 6) is 0.753. The van der Waals surface area contributed by atoms with E-state index in [1.54, 1.807) is 24.3 Å². The van der Waals surface area contributed by atoms with Gasteiger partial charge in [-0.05, 0) is 25.0 Å². The highest BCUT2D eigenvalue weighted by molar-refractivity contribution is 5.73. The van der Waals surface area contributed by atoms with Gasteiger partial charge in [-0.15, -0.1) is 0 Å². The average Bonchev–Trinajstić information content (AvgIpc) is 3.20. The number of nitrogens with one attached hydrogen (secondary N) is 2. The molecule has 0 unspecified atom stereocenters. The predicted molar refractivity (Wildman–Crippen MR) is 99.8 cm³/mol. The highest BCUT2D eigenvalue weighted by Gasteiger charge is 2.17. The van der Waals surface area contributed by atoms with Crippen LogP contribution in [-0.2, 0) is 4.74 Å². The van der Waals surface area contributed by atoms with Gasteiger partial charge in [0.05, 0.1) is 18.9 Å². The SMILES string of the molecule is COc1ccccc1-n1c(=O)[nH]c2nc(NC[C@H]3CCCO3)ncc2c1=O. The van der Waals surface area contributed by atoms with E-state index in [2.05, 4.69) is 20.3 Å². The lowest BCUT2D eigenvalue weighted by molar-refractivity contribution is 0.120. The molecule has 1 aliphatic heterocycles. The molecule has 2 aromatic heterocycles. The van der Waals surface area contributed by atoms with Crippen molar-refractivity contribution >= 4 is 17.0 Å². The molecule has 9 nitrogen and oxygen atoms in total. The second-order valence-corrected chi connectivity index (χ2v) is 6.21. The minimum absolute atomic E-state index is 0.127. The van der Waals surface area contributed by atoms with Crippen molar-refractivity contribution in [2.45, 2.75) is 18.9 Å². The first kappa shape index (κ1) is 17.2. The number of rotatable bonds is 5. The highest BCUT2D eigenvalue weighted by Crippen LogP contribution is 2.19. The number of anilines is 1. The van der Waals surface area contributed by atoms with Crippen molar-refractivity contribution in [3.63, 3.8) is 0 Å². The van der Waals surface area contributed by atoms with E-state index >= 15 is 0 Å². The third-order valence-corrected chi connectivity index (χ3v) is 4.49. The lowest BCUT2D eigenvalue weighted by Gasteiger charge is -2.12. The Morgan fingerprint density at radius 2 is 2.22 bits per heavy atom. The third-order valence-electron chi connectivity index (χ3n) is 4.49. The molecule has 0 amide bonds. The number of hydrogen-bond acceptors (Lipinski definition) is 7. The van der Waals surface area contributed by atoms with E-state index in [1.807, 2.05) is 0 Å². The molecule has 1 aromatic carbocycles. The summed E-state index contributed by atoms with van der Waals surface area (Å²) in [5, 5.41) is 3.30. The smallest absolute Gasteiger partial charge is 0.334 e. The number of benzene rings is 1. The van der Waals surface area contributed by atoms with E-state index in [4.69, 9.17) is 9.47 Å². The summed E-state index contributed by atoms with van der Waals surface area (Å²) in [6.45, 7) is 1.34. The molecule has 9 heteroatoms. The number of aromatic amines is 1. The van der Waals surface area contributed by atoms with Crippen LogP contribution >= 0.6 is 0 Å². The molecule has 0 bridgehead atoms. The van der Waals surface area contributed by atoms with Crippen LogP contribution in [0.25, 0.3) is 16.7 Å². The summed E-state index contributed by atoms with van der Waals surface area (Å²) in [5.41, 5.74) is -0.570. The maximum Gasteiger partial charge on any atom is 0.334 e. The molecular formula is C18H19N5O4. The van der Waals surface area contributed by atoms with Gasteiger partial charge in [-0.1, -0.05) is 12.1 Å². The summed E-state index contributed by atoms with van der Waals surface area (Å²) >= 11 is 0. The molecule has 1 aliphatic rings. The Morgan fingerprint density at radius 3 is 3.00 bits per heavy atom. The molecule has 1 fully saturated rings. The van der Waals surface area contributed by atoms with Crippen LogP contribution in [-0.4, -0.2) is 45.9 Å². The molecule has 140 valence electrons. The standard InChI is InChI=1S/C18H19N5O4/c1-26-14-7-3-2-6-13(14)23-16(24)12-10-20-17(21-15(12)22-18(23)25)19-9-11-5-4-8-27-11/h2-3,6-7,10-11H,4-5,8-9H2,1H3,(H2,19,20,21,22,25)/t11-/m1/s1. The first-order valence-electron chi connectivity index (χ1n) is 8.68. The van der Waals surface area contributed by atoms with E-state index in [9.17, 15) is 9.59 Å². The maximum atomic E-state index is 12.9. The molecular weight excluding hydrogens is 350 g/mol. The maximum absolute atomic E-state index is 12.9. The number of fused-ring (bicyclic) bond motifs is 1. The van der Waals surface area contributed by atoms with Crippen LogP contribution < -0.4 is 21.3 Å². The van der Waals surface area contributed by atoms with Gasteiger partial charge in [-0.3, -0.25) is 9.78 Å². The molecule has 0 saturated carbocycles. The molecule has 0 aliphatic carbocycles. The number of aromatic nitrogens is 4. The van der Waals surface area contributed by atoms with Crippen LogP contribution in [0, 0.1) is 0 Å². The van der Waals surface area contributed by atoms with E-state index in [0.29, 0.717) is 23.9 Å². The normalized spacial score (nSPS) is 16.6. The molecule has 1 saturated heterocycles. The van der Waals surface area contributed by atoms with E-state index in [-0.39, 0.29) is 17.1 Å². The number of ether oxygens (including phenoxy) is 2. The summed E-state index contributed by atoms with van der Waals surface area (Å²) in [6.07, 6.45) is 3.56. The van der Waals surface area contributed by atoms with Crippen molar-refractivity contribution in [2.24, 2.45) is 0 Å². The largest absolute Gasteiger partial charge is 0.495 e. The zero-order valence-corrected chi connectivity index (χ0v) is 14.8. The Balaban J connectivity index is 1.73. The van der Waals surface area contributed by atoms with Crippen molar-refractivity contribution in [3.8, 4) is 11.4 Å². The van der Waals surface area contributed by atoms with Gasteiger partial charge in [0.15, 0.2) is 5.65 Å². The van der Waals surface area contributed by atoms with Crippen molar-refractivity contribution in [1.82, 2.24) is 19.5 Å². The first-order chi connectivity index (χ1) is 13.2. The zero-order valence-electron chi connectivity index (χ0n) is 14.8. The second kappa shape index (κ2) is 7.20. The van der Waals surface area contributed by atoms with E-state index in [1.165, 1.54) is 13.3 Å². The van der Waals surface area contributed by atoms with Crippen molar-refractivity contribution < 1.29 is 9.47 Å². The summed E-state index contributed by atoms with van der Waals surface area (Å²) < 4.78 is 11.8. The lowest BCUT2D eigenvalue weighted by Crippen LogP contribution is -2.34. The average molecular weight is 369 g/mol. The number of methoxy groups -OCH3 is 1. The van der Waals surface area contributed by atoms with Crippen molar-refractivity contribution in [3.05, 3.63) is 51.3 Å². The van der Waals surface area contributed by atoms with Crippen LogP contribution in [0.5, 0.6) is 5.75 Å². The van der Waals surface area contributed by atoms with Gasteiger partial charge in [-0.25, -0.2) is 14.3 Å². The number of H-pyrrole nitrogens is 1. The Morgan fingerprint density at radius 1 is 1.37 bits per heavy atom. The molecule has 1 atom stereocenters. The fraction of sp³-hybridized carbons (Fsp3) is 0.333. The first-order valence-corrected chi connectivity index (χ1v) is 8.68. The van der Waals surface area contributed by atoms with Crippen LogP contribution in [0.2, 0.25) is 0 Å². The zero-order chi connectivity index (χ0) is 18.8. The van der Waals surface area contributed by atoms with Gasteiger partial charge in [0.1, 0.15) is 11.1 Å². The number of nitrogens with zero attached hydrogens (tertiary/aromatic N) is 3. The molecule has 0 spiro atoms. The van der Waals surface area contributed by atoms with Gasteiger partial charge >= 0.3 is 5.69 Å². The van der Waals surface area contributed by atoms with Gasteiger partial charge in [0.25, 0.3) is 5.56 Å². The highest BCUT2D eigenvalue weighted by atomic mass is 16.5. The van der Waals surface area contributed by atoms with Crippen LogP contribution in [0.3, 0.4) is 0 Å². The minimum Gasteiger partial charge on any atom is -0.495 e. The number of hydrogen-bond donors (Lipinski definition) is 2. The van der Waals surface area contributed by atoms with E-state index in [0.717, 1.165) is 24.0 Å². The number of para-hydroxylation sites is 2. The van der Waals surface area contributed by atoms with Crippen molar-refractivity contribution in [2.75, 3.05) is 25.6 Å². The van der Waals surface area contributed by atoms with Gasteiger partial charge in [-0.2, -0.15) is 4.98 Å². The topological polar surface area (TPSA) is 111 Å². The molecule has 4 rings (SSSR count). The lowest BCUT2D eigenvalue weighted by atomic mass is 10.2. The Kier molecular flexibility index (Phi) is 4.59. The molecule has 2 N–H and O–H groups in total. The van der Waals surface area contributed by atoms with Gasteiger partial charge in [0, 0.05) is 19.3 Å². The molecule has 27 heavy (non-hydrogen) atoms. The van der Waals surface area contributed by atoms with Crippen LogP contribution in [0.15, 0.2) is 40.1 Å². The fourth-order valence-corrected chi connectivity index (χ4v) is 3.13. The predicted octanol–water partition coefficient (Wildman–Crippen LogP) is 1.07. The van der Waals surface area contributed by atoms with Gasteiger partial charge in [0.2, 0.25) is 5.95 Å². The summed E-state index contributed by atoms with van der Waals surface area (Å²) in [4.78, 5) is 36.5. The Hall–Kier alpha value is -3.20. The van der Waals surface area contributed by atoms with E-state index < -0.39 is 11.2 Å². The third kappa shape index (κ3) is 3.28. The van der Waals surface area contributed by atoms with Gasteiger partial charge < -0.3 is 14.8 Å². The van der Waals surface area contributed by atoms with Crippen molar-refractivity contribution in [1.29, 1.82) is 0 Å².